The minimum absolute atomic E-state index is 0.590. The molecule has 1 aliphatic rings. The lowest BCUT2D eigenvalue weighted by atomic mass is 9.98. The molecule has 1 heterocycles. The molecular formula is C17H28OS. The first-order chi connectivity index (χ1) is 9.35. The Bertz CT molecular complexity index is 346. The number of fused-ring (bicyclic) bond motifs is 1. The largest absolute Gasteiger partial charge is 0.465 e. The number of aryl methyl sites for hydroxylation is 2. The van der Waals surface area contributed by atoms with E-state index in [-0.39, 0.29) is 0 Å². The van der Waals surface area contributed by atoms with Crippen LogP contribution >= 0.6 is 11.8 Å². The Hall–Kier alpha value is -0.370. The Morgan fingerprint density at radius 2 is 2.00 bits per heavy atom. The zero-order chi connectivity index (χ0) is 13.5. The summed E-state index contributed by atoms with van der Waals surface area (Å²) in [5, 5.41) is 0.590. The van der Waals surface area contributed by atoms with Gasteiger partial charge in [0.25, 0.3) is 0 Å². The summed E-state index contributed by atoms with van der Waals surface area (Å²) < 4.78 is 6.16. The monoisotopic (exact) mass is 280 g/mol. The quantitative estimate of drug-likeness (QED) is 0.548. The van der Waals surface area contributed by atoms with E-state index < -0.39 is 0 Å². The maximum atomic E-state index is 6.16. The van der Waals surface area contributed by atoms with Crippen molar-refractivity contribution in [1.82, 2.24) is 0 Å². The van der Waals surface area contributed by atoms with Gasteiger partial charge in [0.15, 0.2) is 0 Å². The molecule has 0 bridgehead atoms. The van der Waals surface area contributed by atoms with Gasteiger partial charge in [-0.1, -0.05) is 39.5 Å². The molecular weight excluding hydrogens is 252 g/mol. The number of hydrogen-bond acceptors (Lipinski definition) is 2. The maximum Gasteiger partial charge on any atom is 0.117 e. The SMILES string of the molecule is CCCCCCC(SCC)c1cc2c(o1)CCCC2. The topological polar surface area (TPSA) is 13.1 Å². The highest BCUT2D eigenvalue weighted by Gasteiger charge is 2.20. The zero-order valence-corrected chi connectivity index (χ0v) is 13.4. The van der Waals surface area contributed by atoms with Crippen molar-refractivity contribution in [3.8, 4) is 0 Å². The number of furan rings is 1. The van der Waals surface area contributed by atoms with Crippen LogP contribution in [-0.2, 0) is 12.8 Å². The molecule has 0 amide bonds. The van der Waals surface area contributed by atoms with E-state index in [1.54, 1.807) is 0 Å². The van der Waals surface area contributed by atoms with Gasteiger partial charge in [-0.25, -0.2) is 0 Å². The second kappa shape index (κ2) is 8.04. The minimum Gasteiger partial charge on any atom is -0.465 e. The van der Waals surface area contributed by atoms with Gasteiger partial charge >= 0.3 is 0 Å². The van der Waals surface area contributed by atoms with Gasteiger partial charge in [-0.2, -0.15) is 11.8 Å². The Kier molecular flexibility index (Phi) is 6.36. The summed E-state index contributed by atoms with van der Waals surface area (Å²) in [6.45, 7) is 4.53. The molecule has 0 aromatic carbocycles. The van der Waals surface area contributed by atoms with E-state index in [1.165, 1.54) is 74.2 Å². The van der Waals surface area contributed by atoms with Crippen LogP contribution in [0.2, 0.25) is 0 Å². The van der Waals surface area contributed by atoms with Gasteiger partial charge in [0.05, 0.1) is 5.25 Å². The van der Waals surface area contributed by atoms with Gasteiger partial charge in [0.1, 0.15) is 11.5 Å². The van der Waals surface area contributed by atoms with Crippen molar-refractivity contribution in [3.63, 3.8) is 0 Å². The maximum absolute atomic E-state index is 6.16. The summed E-state index contributed by atoms with van der Waals surface area (Å²) in [5.41, 5.74) is 1.50. The van der Waals surface area contributed by atoms with Crippen LogP contribution in [0.3, 0.4) is 0 Å². The minimum atomic E-state index is 0.590. The van der Waals surface area contributed by atoms with Gasteiger partial charge < -0.3 is 4.42 Å². The van der Waals surface area contributed by atoms with E-state index >= 15 is 0 Å². The van der Waals surface area contributed by atoms with E-state index in [2.05, 4.69) is 31.7 Å². The molecule has 0 fully saturated rings. The van der Waals surface area contributed by atoms with Gasteiger partial charge in [-0.3, -0.25) is 0 Å². The fourth-order valence-corrected chi connectivity index (χ4v) is 3.95. The van der Waals surface area contributed by atoms with Gasteiger partial charge in [-0.05, 0) is 43.1 Å². The standard InChI is InChI=1S/C17H28OS/c1-3-5-6-7-12-17(19-4-2)16-13-14-10-8-9-11-15(14)18-16/h13,17H,3-12H2,1-2H3. The van der Waals surface area contributed by atoms with Crippen LogP contribution in [0.5, 0.6) is 0 Å². The summed E-state index contributed by atoms with van der Waals surface area (Å²) >= 11 is 2.06. The average Bonchev–Trinajstić information content (AvgIpc) is 2.86. The van der Waals surface area contributed by atoms with Crippen LogP contribution in [0.25, 0.3) is 0 Å². The molecule has 1 aromatic heterocycles. The molecule has 1 nitrogen and oxygen atoms in total. The number of thioether (sulfide) groups is 1. The van der Waals surface area contributed by atoms with Crippen LogP contribution in [0, 0.1) is 0 Å². The molecule has 0 N–H and O–H groups in total. The molecule has 0 spiro atoms. The van der Waals surface area contributed by atoms with E-state index in [4.69, 9.17) is 4.42 Å². The third kappa shape index (κ3) is 4.30. The fraction of sp³-hybridized carbons (Fsp3) is 0.765. The first kappa shape index (κ1) is 15.0. The van der Waals surface area contributed by atoms with E-state index in [0.717, 1.165) is 6.42 Å². The zero-order valence-electron chi connectivity index (χ0n) is 12.5. The van der Waals surface area contributed by atoms with Crippen LogP contribution in [-0.4, -0.2) is 5.75 Å². The first-order valence-electron chi connectivity index (χ1n) is 8.08. The summed E-state index contributed by atoms with van der Waals surface area (Å²) in [7, 11) is 0. The highest BCUT2D eigenvalue weighted by Crippen LogP contribution is 2.37. The van der Waals surface area contributed by atoms with Crippen molar-refractivity contribution >= 4 is 11.8 Å². The Labute approximate surface area is 122 Å². The predicted octanol–water partition coefficient (Wildman–Crippen LogP) is 5.92. The van der Waals surface area contributed by atoms with Crippen LogP contribution < -0.4 is 0 Å². The predicted molar refractivity (Wildman–Crippen MR) is 85.0 cm³/mol. The molecule has 0 saturated heterocycles. The lowest BCUT2D eigenvalue weighted by molar-refractivity contribution is 0.433. The molecule has 0 radical (unpaired) electrons. The normalized spacial score (nSPS) is 16.3. The number of rotatable bonds is 8. The van der Waals surface area contributed by atoms with E-state index in [1.807, 2.05) is 0 Å². The summed E-state index contributed by atoms with van der Waals surface area (Å²) in [6.07, 6.45) is 11.7. The Morgan fingerprint density at radius 3 is 2.74 bits per heavy atom. The molecule has 0 aliphatic heterocycles. The Morgan fingerprint density at radius 1 is 1.16 bits per heavy atom. The highest BCUT2D eigenvalue weighted by molar-refractivity contribution is 7.99. The Balaban J connectivity index is 1.95. The van der Waals surface area contributed by atoms with Crippen LogP contribution in [0.1, 0.15) is 81.1 Å². The molecule has 1 unspecified atom stereocenters. The van der Waals surface area contributed by atoms with Crippen molar-refractivity contribution in [2.45, 2.75) is 76.9 Å². The second-order valence-electron chi connectivity index (χ2n) is 5.60. The third-order valence-corrected chi connectivity index (χ3v) is 5.22. The van der Waals surface area contributed by atoms with E-state index in [9.17, 15) is 0 Å². The molecule has 2 rings (SSSR count). The molecule has 108 valence electrons. The van der Waals surface area contributed by atoms with Crippen LogP contribution in [0.15, 0.2) is 10.5 Å². The molecule has 1 aromatic rings. The van der Waals surface area contributed by atoms with Crippen LogP contribution in [0.4, 0.5) is 0 Å². The second-order valence-corrected chi connectivity index (χ2v) is 7.08. The number of hydrogen-bond donors (Lipinski definition) is 0. The third-order valence-electron chi connectivity index (χ3n) is 4.02. The summed E-state index contributed by atoms with van der Waals surface area (Å²) in [4.78, 5) is 0. The van der Waals surface area contributed by atoms with Crippen molar-refractivity contribution in [1.29, 1.82) is 0 Å². The lowest BCUT2D eigenvalue weighted by Crippen LogP contribution is -1.97. The van der Waals surface area contributed by atoms with E-state index in [0.29, 0.717) is 5.25 Å². The first-order valence-corrected chi connectivity index (χ1v) is 9.13. The molecule has 0 saturated carbocycles. The van der Waals surface area contributed by atoms with Gasteiger partial charge in [0.2, 0.25) is 0 Å². The molecule has 19 heavy (non-hydrogen) atoms. The fourth-order valence-electron chi connectivity index (χ4n) is 2.94. The van der Waals surface area contributed by atoms with Crippen molar-refractivity contribution in [3.05, 3.63) is 23.2 Å². The van der Waals surface area contributed by atoms with Crippen molar-refractivity contribution in [2.75, 3.05) is 5.75 Å². The smallest absolute Gasteiger partial charge is 0.117 e. The van der Waals surface area contributed by atoms with Crippen molar-refractivity contribution in [2.24, 2.45) is 0 Å². The summed E-state index contributed by atoms with van der Waals surface area (Å²) in [5.74, 6) is 3.73. The average molecular weight is 280 g/mol. The molecule has 2 heteroatoms. The van der Waals surface area contributed by atoms with Gasteiger partial charge in [-0.15, -0.1) is 0 Å². The highest BCUT2D eigenvalue weighted by atomic mass is 32.2. The number of unbranched alkanes of at least 4 members (excludes halogenated alkanes) is 3. The summed E-state index contributed by atoms with van der Waals surface area (Å²) in [6, 6.07) is 2.36. The van der Waals surface area contributed by atoms with Crippen molar-refractivity contribution < 1.29 is 4.42 Å². The molecule has 1 atom stereocenters. The molecule has 1 aliphatic carbocycles. The lowest BCUT2D eigenvalue weighted by Gasteiger charge is -2.13. The van der Waals surface area contributed by atoms with Gasteiger partial charge in [0, 0.05) is 6.42 Å².